The second kappa shape index (κ2) is 9.27. The summed E-state index contributed by atoms with van der Waals surface area (Å²) in [6.45, 7) is 9.62. The van der Waals surface area contributed by atoms with Gasteiger partial charge in [-0.05, 0) is 55.3 Å². The van der Waals surface area contributed by atoms with Crippen molar-refractivity contribution in [1.29, 1.82) is 0 Å². The van der Waals surface area contributed by atoms with Gasteiger partial charge in [-0.25, -0.2) is 0 Å². The zero-order valence-corrected chi connectivity index (χ0v) is 18.7. The largest absolute Gasteiger partial charge is 0.469 e. The Kier molecular flexibility index (Phi) is 6.69. The van der Waals surface area contributed by atoms with Gasteiger partial charge < -0.3 is 19.3 Å². The van der Waals surface area contributed by atoms with Gasteiger partial charge in [0.25, 0.3) is 0 Å². The van der Waals surface area contributed by atoms with Gasteiger partial charge in [0, 0.05) is 56.0 Å². The molecule has 0 amide bonds. The Morgan fingerprint density at radius 2 is 1.97 bits per heavy atom. The maximum Gasteiger partial charge on any atom is 0.110 e. The van der Waals surface area contributed by atoms with Crippen molar-refractivity contribution in [3.8, 4) is 0 Å². The van der Waals surface area contributed by atoms with Crippen LogP contribution < -0.4 is 0 Å². The van der Waals surface area contributed by atoms with Gasteiger partial charge in [0.2, 0.25) is 0 Å². The number of hydrogen-bond acceptors (Lipinski definition) is 4. The highest BCUT2D eigenvalue weighted by molar-refractivity contribution is 6.30. The van der Waals surface area contributed by atoms with Crippen molar-refractivity contribution >= 4 is 11.6 Å². The van der Waals surface area contributed by atoms with E-state index in [4.69, 9.17) is 16.0 Å². The third-order valence-electron chi connectivity index (χ3n) is 7.02. The molecule has 30 heavy (non-hydrogen) atoms. The van der Waals surface area contributed by atoms with Gasteiger partial charge in [0.1, 0.15) is 5.76 Å². The topological polar surface area (TPSA) is 39.9 Å². The molecule has 1 aromatic carbocycles. The van der Waals surface area contributed by atoms with Crippen LogP contribution in [0.15, 0.2) is 59.2 Å². The third kappa shape index (κ3) is 4.67. The van der Waals surface area contributed by atoms with Crippen LogP contribution in [0.5, 0.6) is 0 Å². The molecule has 2 heterocycles. The summed E-state index contributed by atoms with van der Waals surface area (Å²) in [7, 11) is 2.17. The van der Waals surface area contributed by atoms with Gasteiger partial charge in [-0.3, -0.25) is 0 Å². The maximum atomic E-state index is 12.3. The molecular formula is C25H33ClN2O2. The molecule has 0 radical (unpaired) electrons. The number of rotatable bonds is 5. The molecule has 1 saturated heterocycles. The van der Waals surface area contributed by atoms with E-state index in [2.05, 4.69) is 29.5 Å². The lowest BCUT2D eigenvalue weighted by atomic mass is 9.73. The molecule has 1 saturated carbocycles. The highest BCUT2D eigenvalue weighted by Crippen LogP contribution is 2.46. The molecular weight excluding hydrogens is 396 g/mol. The molecule has 1 aliphatic carbocycles. The van der Waals surface area contributed by atoms with Gasteiger partial charge in [-0.2, -0.15) is 0 Å². The Labute approximate surface area is 185 Å². The molecule has 5 heteroatoms. The molecule has 2 aromatic rings. The average Bonchev–Trinajstić information content (AvgIpc) is 3.22. The van der Waals surface area contributed by atoms with Gasteiger partial charge in [0.15, 0.2) is 0 Å². The highest BCUT2D eigenvalue weighted by atomic mass is 35.5. The number of furan rings is 1. The van der Waals surface area contributed by atoms with E-state index in [9.17, 15) is 5.11 Å². The van der Waals surface area contributed by atoms with Crippen LogP contribution in [0.1, 0.15) is 36.5 Å². The first kappa shape index (κ1) is 21.6. The van der Waals surface area contributed by atoms with Crippen LogP contribution in [-0.4, -0.2) is 60.3 Å². The molecule has 1 aliphatic heterocycles. The molecule has 4 nitrogen and oxygen atoms in total. The van der Waals surface area contributed by atoms with Gasteiger partial charge in [-0.15, -0.1) is 0 Å². The summed E-state index contributed by atoms with van der Waals surface area (Å²) >= 11 is 6.26. The monoisotopic (exact) mass is 428 g/mol. The average molecular weight is 429 g/mol. The van der Waals surface area contributed by atoms with Crippen molar-refractivity contribution in [3.05, 3.63) is 71.2 Å². The summed E-state index contributed by atoms with van der Waals surface area (Å²) in [5, 5.41) is 13.0. The van der Waals surface area contributed by atoms with Crippen molar-refractivity contribution in [1.82, 2.24) is 9.80 Å². The maximum absolute atomic E-state index is 12.3. The summed E-state index contributed by atoms with van der Waals surface area (Å²) < 4.78 is 5.75. The second-order valence-electron chi connectivity index (χ2n) is 9.06. The summed E-state index contributed by atoms with van der Waals surface area (Å²) in [5.74, 6) is 1.08. The fourth-order valence-corrected chi connectivity index (χ4v) is 5.36. The molecule has 1 N–H and O–H groups in total. The van der Waals surface area contributed by atoms with Crippen molar-refractivity contribution in [2.24, 2.45) is 5.92 Å². The number of piperazine rings is 1. The van der Waals surface area contributed by atoms with Crippen molar-refractivity contribution in [2.75, 3.05) is 39.8 Å². The predicted octanol–water partition coefficient (Wildman–Crippen LogP) is 4.59. The van der Waals surface area contributed by atoms with Crippen LogP contribution in [0.3, 0.4) is 0 Å². The van der Waals surface area contributed by atoms with Gasteiger partial charge in [-0.1, -0.05) is 36.7 Å². The Bertz CT molecular complexity index is 845. The quantitative estimate of drug-likeness (QED) is 0.558. The van der Waals surface area contributed by atoms with E-state index in [0.29, 0.717) is 11.4 Å². The SMILES string of the molecule is C=C1C(c2ccco2)CCCC(CN2CCN(C)CC2)C1(O)Cc1cccc(Cl)c1. The number of nitrogens with zero attached hydrogens (tertiary/aromatic N) is 2. The molecule has 0 bridgehead atoms. The van der Waals surface area contributed by atoms with E-state index < -0.39 is 5.60 Å². The Hall–Kier alpha value is -1.59. The van der Waals surface area contributed by atoms with E-state index >= 15 is 0 Å². The fraction of sp³-hybridized carbons (Fsp3) is 0.520. The van der Waals surface area contributed by atoms with Crippen LogP contribution in [0.2, 0.25) is 5.02 Å². The van der Waals surface area contributed by atoms with Gasteiger partial charge in [0.05, 0.1) is 11.9 Å². The molecule has 0 spiro atoms. The third-order valence-corrected chi connectivity index (χ3v) is 7.26. The minimum Gasteiger partial charge on any atom is -0.469 e. The first-order valence-corrected chi connectivity index (χ1v) is 11.4. The van der Waals surface area contributed by atoms with Crippen LogP contribution in [0.25, 0.3) is 0 Å². The second-order valence-corrected chi connectivity index (χ2v) is 9.49. The number of hydrogen-bond donors (Lipinski definition) is 1. The summed E-state index contributed by atoms with van der Waals surface area (Å²) in [6, 6.07) is 11.8. The number of halogens is 1. The molecule has 162 valence electrons. The van der Waals surface area contributed by atoms with Crippen LogP contribution in [0.4, 0.5) is 0 Å². The summed E-state index contributed by atoms with van der Waals surface area (Å²) in [4.78, 5) is 4.88. The van der Waals surface area contributed by atoms with E-state index in [1.54, 1.807) is 6.26 Å². The smallest absolute Gasteiger partial charge is 0.110 e. The number of aliphatic hydroxyl groups is 1. The standard InChI is InChI=1S/C25H33ClN2O2/c1-19-23(24-10-5-15-30-24)9-4-7-21(18-28-13-11-27(2)12-14-28)25(19,29)17-20-6-3-8-22(26)16-20/h3,5-6,8,10,15-16,21,23,29H,1,4,7,9,11-14,17-18H2,2H3. The molecule has 1 aromatic heterocycles. The van der Waals surface area contributed by atoms with Crippen LogP contribution in [-0.2, 0) is 6.42 Å². The fourth-order valence-electron chi connectivity index (χ4n) is 5.15. The van der Waals surface area contributed by atoms with E-state index in [1.165, 1.54) is 0 Å². The lowest BCUT2D eigenvalue weighted by Crippen LogP contribution is -2.51. The van der Waals surface area contributed by atoms with Crippen LogP contribution >= 0.6 is 11.6 Å². The predicted molar refractivity (Wildman–Crippen MR) is 122 cm³/mol. The minimum atomic E-state index is -0.998. The first-order valence-electron chi connectivity index (χ1n) is 11.1. The molecule has 2 fully saturated rings. The van der Waals surface area contributed by atoms with E-state index in [-0.39, 0.29) is 11.8 Å². The summed E-state index contributed by atoms with van der Waals surface area (Å²) in [5.41, 5.74) is 0.936. The highest BCUT2D eigenvalue weighted by Gasteiger charge is 2.45. The molecule has 2 aliphatic rings. The summed E-state index contributed by atoms with van der Waals surface area (Å²) in [6.07, 6.45) is 5.25. The lowest BCUT2D eigenvalue weighted by Gasteiger charge is -2.42. The van der Waals surface area contributed by atoms with Crippen molar-refractivity contribution in [3.63, 3.8) is 0 Å². The van der Waals surface area contributed by atoms with Crippen LogP contribution in [0, 0.1) is 5.92 Å². The Morgan fingerprint density at radius 3 is 2.67 bits per heavy atom. The number of likely N-dealkylation sites (N-methyl/N-ethyl adjacent to an activating group) is 1. The lowest BCUT2D eigenvalue weighted by molar-refractivity contribution is -0.00841. The van der Waals surface area contributed by atoms with Gasteiger partial charge >= 0.3 is 0 Å². The first-order chi connectivity index (χ1) is 14.5. The molecule has 3 unspecified atom stereocenters. The van der Waals surface area contributed by atoms with Crippen molar-refractivity contribution < 1.29 is 9.52 Å². The molecule has 3 atom stereocenters. The normalized spacial score (nSPS) is 29.1. The van der Waals surface area contributed by atoms with Crippen molar-refractivity contribution in [2.45, 2.75) is 37.2 Å². The zero-order chi connectivity index (χ0) is 21.1. The Balaban J connectivity index is 1.63. The number of benzene rings is 1. The van der Waals surface area contributed by atoms with E-state index in [1.807, 2.05) is 30.3 Å². The Morgan fingerprint density at radius 1 is 1.17 bits per heavy atom. The molecule has 4 rings (SSSR count). The minimum absolute atomic E-state index is 0.0432. The van der Waals surface area contributed by atoms with E-state index in [0.717, 1.165) is 68.9 Å². The zero-order valence-electron chi connectivity index (χ0n) is 17.9.